The van der Waals surface area contributed by atoms with E-state index in [1.165, 1.54) is 24.8 Å². The predicted molar refractivity (Wildman–Crippen MR) is 78.2 cm³/mol. The van der Waals surface area contributed by atoms with Crippen LogP contribution in [0.1, 0.15) is 11.1 Å². The SMILES string of the molecule is COc1cc(NCc2ccccc2C)cc([N+](=O)[O-])c1. The van der Waals surface area contributed by atoms with E-state index in [9.17, 15) is 10.1 Å². The molecule has 0 saturated carbocycles. The summed E-state index contributed by atoms with van der Waals surface area (Å²) in [6, 6.07) is 12.7. The molecule has 1 N–H and O–H groups in total. The van der Waals surface area contributed by atoms with Crippen LogP contribution in [0.3, 0.4) is 0 Å². The van der Waals surface area contributed by atoms with Gasteiger partial charge < -0.3 is 10.1 Å². The Bertz CT molecular complexity index is 626. The predicted octanol–water partition coefficient (Wildman–Crippen LogP) is 3.52. The molecule has 0 saturated heterocycles. The number of ether oxygens (including phenoxy) is 1. The van der Waals surface area contributed by atoms with Crippen LogP contribution in [0.4, 0.5) is 11.4 Å². The van der Waals surface area contributed by atoms with Crippen molar-refractivity contribution in [2.24, 2.45) is 0 Å². The quantitative estimate of drug-likeness (QED) is 0.668. The highest BCUT2D eigenvalue weighted by Gasteiger charge is 2.10. The number of anilines is 1. The fraction of sp³-hybridized carbons (Fsp3) is 0.200. The summed E-state index contributed by atoms with van der Waals surface area (Å²) >= 11 is 0. The molecule has 0 unspecified atom stereocenters. The van der Waals surface area contributed by atoms with Crippen molar-refractivity contribution >= 4 is 11.4 Å². The molecule has 0 aliphatic heterocycles. The molecule has 0 spiro atoms. The van der Waals surface area contributed by atoms with Gasteiger partial charge in [-0.2, -0.15) is 0 Å². The Hall–Kier alpha value is -2.56. The van der Waals surface area contributed by atoms with E-state index in [-0.39, 0.29) is 5.69 Å². The topological polar surface area (TPSA) is 64.4 Å². The first-order valence-corrected chi connectivity index (χ1v) is 6.22. The van der Waals surface area contributed by atoms with Gasteiger partial charge >= 0.3 is 0 Å². The van der Waals surface area contributed by atoms with Gasteiger partial charge in [-0.3, -0.25) is 10.1 Å². The van der Waals surface area contributed by atoms with E-state index >= 15 is 0 Å². The van der Waals surface area contributed by atoms with Crippen LogP contribution in [0.2, 0.25) is 0 Å². The van der Waals surface area contributed by atoms with Crippen molar-refractivity contribution in [3.8, 4) is 5.75 Å². The van der Waals surface area contributed by atoms with Crippen LogP contribution in [-0.4, -0.2) is 12.0 Å². The van der Waals surface area contributed by atoms with Crippen molar-refractivity contribution in [3.05, 3.63) is 63.7 Å². The number of aryl methyl sites for hydroxylation is 1. The van der Waals surface area contributed by atoms with Gasteiger partial charge in [-0.05, 0) is 18.1 Å². The summed E-state index contributed by atoms with van der Waals surface area (Å²) in [5, 5.41) is 14.1. The van der Waals surface area contributed by atoms with Crippen molar-refractivity contribution in [2.75, 3.05) is 12.4 Å². The summed E-state index contributed by atoms with van der Waals surface area (Å²) in [6.45, 7) is 2.64. The number of nitrogens with zero attached hydrogens (tertiary/aromatic N) is 1. The first kappa shape index (κ1) is 13.9. The van der Waals surface area contributed by atoms with Gasteiger partial charge in [-0.15, -0.1) is 0 Å². The molecule has 0 bridgehead atoms. The molecular weight excluding hydrogens is 256 g/mol. The van der Waals surface area contributed by atoms with Crippen molar-refractivity contribution in [3.63, 3.8) is 0 Å². The Morgan fingerprint density at radius 2 is 2.00 bits per heavy atom. The zero-order valence-electron chi connectivity index (χ0n) is 11.4. The molecule has 0 aliphatic rings. The number of nitro benzene ring substituents is 1. The van der Waals surface area contributed by atoms with E-state index in [2.05, 4.69) is 5.32 Å². The molecule has 2 aromatic carbocycles. The second-order valence-electron chi connectivity index (χ2n) is 4.46. The third kappa shape index (κ3) is 3.26. The number of non-ortho nitro benzene ring substituents is 1. The van der Waals surface area contributed by atoms with Crippen LogP contribution in [-0.2, 0) is 6.54 Å². The van der Waals surface area contributed by atoms with E-state index in [0.717, 1.165) is 5.56 Å². The Labute approximate surface area is 117 Å². The molecule has 0 atom stereocenters. The minimum atomic E-state index is -0.429. The van der Waals surface area contributed by atoms with Crippen LogP contribution < -0.4 is 10.1 Å². The normalized spacial score (nSPS) is 10.1. The number of nitro groups is 1. The van der Waals surface area contributed by atoms with Crippen LogP contribution in [0.5, 0.6) is 5.75 Å². The highest BCUT2D eigenvalue weighted by atomic mass is 16.6. The van der Waals surface area contributed by atoms with Gasteiger partial charge in [0.1, 0.15) is 5.75 Å². The van der Waals surface area contributed by atoms with E-state index in [4.69, 9.17) is 4.74 Å². The van der Waals surface area contributed by atoms with Gasteiger partial charge in [-0.1, -0.05) is 24.3 Å². The van der Waals surface area contributed by atoms with Gasteiger partial charge in [0.25, 0.3) is 5.69 Å². The van der Waals surface area contributed by atoms with E-state index in [0.29, 0.717) is 18.0 Å². The average molecular weight is 272 g/mol. The van der Waals surface area contributed by atoms with Gasteiger partial charge in [-0.25, -0.2) is 0 Å². The number of hydrogen-bond acceptors (Lipinski definition) is 4. The highest BCUT2D eigenvalue weighted by Crippen LogP contribution is 2.26. The Kier molecular flexibility index (Phi) is 4.20. The largest absolute Gasteiger partial charge is 0.496 e. The van der Waals surface area contributed by atoms with Gasteiger partial charge in [0, 0.05) is 24.4 Å². The molecule has 104 valence electrons. The number of rotatable bonds is 5. The summed E-state index contributed by atoms with van der Waals surface area (Å²) in [6.07, 6.45) is 0. The van der Waals surface area contributed by atoms with Crippen LogP contribution in [0.25, 0.3) is 0 Å². The van der Waals surface area contributed by atoms with E-state index in [1.807, 2.05) is 31.2 Å². The Morgan fingerprint density at radius 1 is 1.25 bits per heavy atom. The molecular formula is C15H16N2O3. The molecule has 5 heteroatoms. The lowest BCUT2D eigenvalue weighted by atomic mass is 10.1. The minimum Gasteiger partial charge on any atom is -0.496 e. The number of methoxy groups -OCH3 is 1. The fourth-order valence-electron chi connectivity index (χ4n) is 1.91. The van der Waals surface area contributed by atoms with Crippen molar-refractivity contribution in [1.82, 2.24) is 0 Å². The summed E-state index contributed by atoms with van der Waals surface area (Å²) < 4.78 is 5.08. The van der Waals surface area contributed by atoms with Crippen molar-refractivity contribution in [2.45, 2.75) is 13.5 Å². The average Bonchev–Trinajstić information content (AvgIpc) is 2.46. The van der Waals surface area contributed by atoms with Crippen LogP contribution >= 0.6 is 0 Å². The molecule has 0 radical (unpaired) electrons. The number of hydrogen-bond donors (Lipinski definition) is 1. The van der Waals surface area contributed by atoms with Crippen molar-refractivity contribution in [1.29, 1.82) is 0 Å². The molecule has 0 aromatic heterocycles. The summed E-state index contributed by atoms with van der Waals surface area (Å²) in [4.78, 5) is 10.4. The zero-order chi connectivity index (χ0) is 14.5. The maximum Gasteiger partial charge on any atom is 0.275 e. The van der Waals surface area contributed by atoms with Gasteiger partial charge in [0.15, 0.2) is 0 Å². The lowest BCUT2D eigenvalue weighted by Crippen LogP contribution is -2.02. The summed E-state index contributed by atoms with van der Waals surface area (Å²) in [5.41, 5.74) is 3.01. The van der Waals surface area contributed by atoms with Crippen LogP contribution in [0, 0.1) is 17.0 Å². The lowest BCUT2D eigenvalue weighted by Gasteiger charge is -2.10. The minimum absolute atomic E-state index is 0.0108. The Balaban J connectivity index is 2.19. The standard InChI is InChI=1S/C15H16N2O3/c1-11-5-3-4-6-12(11)10-16-13-7-14(17(18)19)9-15(8-13)20-2/h3-9,16H,10H2,1-2H3. The number of benzene rings is 2. The molecule has 20 heavy (non-hydrogen) atoms. The molecule has 2 aromatic rings. The summed E-state index contributed by atoms with van der Waals surface area (Å²) in [7, 11) is 1.49. The van der Waals surface area contributed by atoms with Gasteiger partial charge in [0.2, 0.25) is 0 Å². The number of nitrogens with one attached hydrogen (secondary N) is 1. The molecule has 5 nitrogen and oxygen atoms in total. The second kappa shape index (κ2) is 6.06. The molecule has 0 amide bonds. The zero-order valence-corrected chi connectivity index (χ0v) is 11.4. The lowest BCUT2D eigenvalue weighted by molar-refractivity contribution is -0.384. The second-order valence-corrected chi connectivity index (χ2v) is 4.46. The maximum atomic E-state index is 10.9. The van der Waals surface area contributed by atoms with E-state index < -0.39 is 4.92 Å². The molecule has 0 heterocycles. The third-order valence-corrected chi connectivity index (χ3v) is 3.08. The first-order chi connectivity index (χ1) is 9.60. The maximum absolute atomic E-state index is 10.9. The highest BCUT2D eigenvalue weighted by molar-refractivity contribution is 5.56. The molecule has 2 rings (SSSR count). The molecule has 0 aliphatic carbocycles. The fourth-order valence-corrected chi connectivity index (χ4v) is 1.91. The molecule has 0 fully saturated rings. The first-order valence-electron chi connectivity index (χ1n) is 6.22. The van der Waals surface area contributed by atoms with Crippen LogP contribution in [0.15, 0.2) is 42.5 Å². The van der Waals surface area contributed by atoms with Gasteiger partial charge in [0.05, 0.1) is 18.1 Å². The Morgan fingerprint density at radius 3 is 2.65 bits per heavy atom. The monoisotopic (exact) mass is 272 g/mol. The smallest absolute Gasteiger partial charge is 0.275 e. The summed E-state index contributed by atoms with van der Waals surface area (Å²) in [5.74, 6) is 0.464. The van der Waals surface area contributed by atoms with E-state index in [1.54, 1.807) is 6.07 Å². The third-order valence-electron chi connectivity index (χ3n) is 3.08. The van der Waals surface area contributed by atoms with Crippen molar-refractivity contribution < 1.29 is 9.66 Å².